The van der Waals surface area contributed by atoms with E-state index < -0.39 is 0 Å². The lowest BCUT2D eigenvalue weighted by molar-refractivity contribution is 0.0715. The average molecular weight is 301 g/mol. The van der Waals surface area contributed by atoms with Crippen LogP contribution in [0.3, 0.4) is 0 Å². The van der Waals surface area contributed by atoms with Crippen LogP contribution in [0.25, 0.3) is 0 Å². The molecule has 94 valence electrons. The number of aromatic nitrogens is 1. The minimum Gasteiger partial charge on any atom is -0.480 e. The Kier molecular flexibility index (Phi) is 5.41. The first-order chi connectivity index (χ1) is 8.11. The van der Waals surface area contributed by atoms with Crippen LogP contribution >= 0.6 is 15.9 Å². The first-order valence-corrected chi connectivity index (χ1v) is 6.60. The van der Waals surface area contributed by atoms with Crippen molar-refractivity contribution in [2.75, 3.05) is 19.0 Å². The highest BCUT2D eigenvalue weighted by Crippen LogP contribution is 2.17. The smallest absolute Gasteiger partial charge is 0.259 e. The van der Waals surface area contributed by atoms with Crippen LogP contribution in [0, 0.1) is 0 Å². The van der Waals surface area contributed by atoms with E-state index in [-0.39, 0.29) is 11.9 Å². The number of amides is 1. The van der Waals surface area contributed by atoms with E-state index in [1.54, 1.807) is 23.2 Å². The van der Waals surface area contributed by atoms with Gasteiger partial charge in [0, 0.05) is 24.1 Å². The first kappa shape index (κ1) is 14.0. The second-order valence-electron chi connectivity index (χ2n) is 3.84. The summed E-state index contributed by atoms with van der Waals surface area (Å²) in [5.74, 6) is 0.321. The van der Waals surface area contributed by atoms with Crippen LogP contribution in [-0.4, -0.2) is 40.8 Å². The number of pyridine rings is 1. The van der Waals surface area contributed by atoms with Crippen molar-refractivity contribution in [2.24, 2.45) is 0 Å². The Bertz CT molecular complexity index is 383. The molecule has 0 bridgehead atoms. The maximum atomic E-state index is 12.3. The number of carbonyl (C=O) groups excluding carboxylic acids is 1. The molecule has 0 radical (unpaired) electrons. The van der Waals surface area contributed by atoms with Crippen molar-refractivity contribution in [1.29, 1.82) is 0 Å². The third-order valence-electron chi connectivity index (χ3n) is 2.40. The minimum absolute atomic E-state index is 0.0515. The molecule has 5 heteroatoms. The Morgan fingerprint density at radius 1 is 1.59 bits per heavy atom. The normalized spacial score (nSPS) is 10.4. The second-order valence-corrected chi connectivity index (χ2v) is 4.63. The molecule has 0 aliphatic rings. The number of nitrogens with zero attached hydrogens (tertiary/aromatic N) is 2. The van der Waals surface area contributed by atoms with Gasteiger partial charge in [-0.15, -0.1) is 0 Å². The van der Waals surface area contributed by atoms with Gasteiger partial charge in [-0.2, -0.15) is 0 Å². The number of rotatable bonds is 5. The molecule has 1 aromatic rings. The van der Waals surface area contributed by atoms with Crippen molar-refractivity contribution in [3.05, 3.63) is 23.9 Å². The molecule has 0 atom stereocenters. The van der Waals surface area contributed by atoms with Crippen molar-refractivity contribution in [2.45, 2.75) is 19.9 Å². The van der Waals surface area contributed by atoms with E-state index in [2.05, 4.69) is 20.9 Å². The van der Waals surface area contributed by atoms with Crippen molar-refractivity contribution < 1.29 is 9.53 Å². The van der Waals surface area contributed by atoms with E-state index in [0.717, 1.165) is 5.33 Å². The van der Waals surface area contributed by atoms with E-state index in [9.17, 15) is 4.79 Å². The Morgan fingerprint density at radius 2 is 2.29 bits per heavy atom. The number of hydrogen-bond donors (Lipinski definition) is 0. The van der Waals surface area contributed by atoms with Crippen LogP contribution in [0.4, 0.5) is 0 Å². The Labute approximate surface area is 110 Å². The molecule has 17 heavy (non-hydrogen) atoms. The van der Waals surface area contributed by atoms with Crippen molar-refractivity contribution in [1.82, 2.24) is 9.88 Å². The minimum atomic E-state index is -0.0515. The maximum absolute atomic E-state index is 12.3. The molecule has 0 N–H and O–H groups in total. The van der Waals surface area contributed by atoms with Crippen LogP contribution in [0.1, 0.15) is 24.2 Å². The molecule has 1 heterocycles. The Morgan fingerprint density at radius 3 is 2.82 bits per heavy atom. The van der Waals surface area contributed by atoms with E-state index in [1.165, 1.54) is 7.11 Å². The monoisotopic (exact) mass is 300 g/mol. The summed E-state index contributed by atoms with van der Waals surface area (Å²) in [6.07, 6.45) is 1.61. The quantitative estimate of drug-likeness (QED) is 0.784. The highest BCUT2D eigenvalue weighted by Gasteiger charge is 2.21. The predicted molar refractivity (Wildman–Crippen MR) is 70.8 cm³/mol. The van der Waals surface area contributed by atoms with Crippen molar-refractivity contribution in [3.8, 4) is 5.88 Å². The van der Waals surface area contributed by atoms with Gasteiger partial charge >= 0.3 is 0 Å². The number of carbonyl (C=O) groups is 1. The molecule has 4 nitrogen and oxygen atoms in total. The molecule has 1 amide bonds. The van der Waals surface area contributed by atoms with Crippen LogP contribution < -0.4 is 4.74 Å². The average Bonchev–Trinajstić information content (AvgIpc) is 2.34. The number of alkyl halides is 1. The third kappa shape index (κ3) is 3.43. The summed E-state index contributed by atoms with van der Waals surface area (Å²) in [5.41, 5.74) is 0.504. The Hall–Kier alpha value is -1.10. The molecule has 0 unspecified atom stereocenters. The van der Waals surface area contributed by atoms with Crippen molar-refractivity contribution >= 4 is 21.8 Å². The highest BCUT2D eigenvalue weighted by atomic mass is 79.9. The molecule has 0 fully saturated rings. The first-order valence-electron chi connectivity index (χ1n) is 5.47. The van der Waals surface area contributed by atoms with Gasteiger partial charge < -0.3 is 9.64 Å². The number of halogens is 1. The Balaban J connectivity index is 3.00. The molecule has 1 rings (SSSR count). The van der Waals surface area contributed by atoms with Gasteiger partial charge in [0.2, 0.25) is 5.88 Å². The summed E-state index contributed by atoms with van der Waals surface area (Å²) in [6.45, 7) is 4.64. The molecular weight excluding hydrogens is 284 g/mol. The van der Waals surface area contributed by atoms with Gasteiger partial charge in [-0.25, -0.2) is 4.98 Å². The lowest BCUT2D eigenvalue weighted by Crippen LogP contribution is -2.38. The SMILES string of the molecule is COc1ncccc1C(=O)N(CCBr)C(C)C. The fourth-order valence-corrected chi connectivity index (χ4v) is 1.94. The molecule has 0 aliphatic heterocycles. The number of hydrogen-bond acceptors (Lipinski definition) is 3. The number of ether oxygens (including phenoxy) is 1. The van der Waals surface area contributed by atoms with Crippen LogP contribution in [-0.2, 0) is 0 Å². The van der Waals surface area contributed by atoms with Gasteiger partial charge in [0.15, 0.2) is 0 Å². The fourth-order valence-electron chi connectivity index (χ4n) is 1.56. The van der Waals surface area contributed by atoms with E-state index in [0.29, 0.717) is 18.0 Å². The largest absolute Gasteiger partial charge is 0.480 e. The lowest BCUT2D eigenvalue weighted by Gasteiger charge is -2.26. The predicted octanol–water partition coefficient (Wildman–Crippen LogP) is 2.34. The fraction of sp³-hybridized carbons (Fsp3) is 0.500. The zero-order valence-electron chi connectivity index (χ0n) is 10.3. The molecule has 0 saturated carbocycles. The van der Waals surface area contributed by atoms with Crippen LogP contribution in [0.5, 0.6) is 5.88 Å². The van der Waals surface area contributed by atoms with Crippen LogP contribution in [0.15, 0.2) is 18.3 Å². The van der Waals surface area contributed by atoms with Crippen molar-refractivity contribution in [3.63, 3.8) is 0 Å². The summed E-state index contributed by atoms with van der Waals surface area (Å²) >= 11 is 3.35. The zero-order valence-corrected chi connectivity index (χ0v) is 11.9. The molecule has 0 saturated heterocycles. The standard InChI is InChI=1S/C12H17BrN2O2/c1-9(2)15(8-6-13)12(16)10-5-4-7-14-11(10)17-3/h4-5,7,9H,6,8H2,1-3H3. The van der Waals surface area contributed by atoms with Gasteiger partial charge in [0.05, 0.1) is 7.11 Å². The highest BCUT2D eigenvalue weighted by molar-refractivity contribution is 9.09. The number of methoxy groups -OCH3 is 1. The summed E-state index contributed by atoms with van der Waals surface area (Å²) in [6, 6.07) is 3.62. The lowest BCUT2D eigenvalue weighted by atomic mass is 10.2. The maximum Gasteiger partial charge on any atom is 0.259 e. The van der Waals surface area contributed by atoms with Gasteiger partial charge in [0.1, 0.15) is 5.56 Å². The molecule has 1 aromatic heterocycles. The van der Waals surface area contributed by atoms with Gasteiger partial charge in [-0.05, 0) is 26.0 Å². The topological polar surface area (TPSA) is 42.4 Å². The van der Waals surface area contributed by atoms with Gasteiger partial charge in [-0.1, -0.05) is 15.9 Å². The molecule has 0 aliphatic carbocycles. The van der Waals surface area contributed by atoms with E-state index in [4.69, 9.17) is 4.74 Å². The summed E-state index contributed by atoms with van der Waals surface area (Å²) in [7, 11) is 1.52. The molecule has 0 spiro atoms. The zero-order chi connectivity index (χ0) is 12.8. The summed E-state index contributed by atoms with van der Waals surface area (Å²) in [5, 5.41) is 0.750. The third-order valence-corrected chi connectivity index (χ3v) is 2.76. The van der Waals surface area contributed by atoms with Gasteiger partial charge in [0.25, 0.3) is 5.91 Å². The van der Waals surface area contributed by atoms with E-state index in [1.807, 2.05) is 13.8 Å². The summed E-state index contributed by atoms with van der Waals surface area (Å²) in [4.78, 5) is 18.2. The van der Waals surface area contributed by atoms with Gasteiger partial charge in [-0.3, -0.25) is 4.79 Å². The second kappa shape index (κ2) is 6.59. The van der Waals surface area contributed by atoms with Crippen LogP contribution in [0.2, 0.25) is 0 Å². The molecule has 0 aromatic carbocycles. The summed E-state index contributed by atoms with van der Waals surface area (Å²) < 4.78 is 5.10. The molecular formula is C12H17BrN2O2. The van der Waals surface area contributed by atoms with E-state index >= 15 is 0 Å².